The van der Waals surface area contributed by atoms with Crippen LogP contribution in [0.1, 0.15) is 61.4 Å². The summed E-state index contributed by atoms with van der Waals surface area (Å²) in [5, 5.41) is 10.8. The number of rotatable bonds is 6. The lowest BCUT2D eigenvalue weighted by molar-refractivity contribution is -0.122. The smallest absolute Gasteiger partial charge is 0.410 e. The average molecular weight is 444 g/mol. The van der Waals surface area contributed by atoms with Crippen LogP contribution in [0.25, 0.3) is 0 Å². The first-order valence-corrected chi connectivity index (χ1v) is 10.5. The lowest BCUT2D eigenvalue weighted by Gasteiger charge is -2.29. The van der Waals surface area contributed by atoms with E-state index in [0.29, 0.717) is 25.2 Å². The van der Waals surface area contributed by atoms with E-state index in [0.717, 1.165) is 12.0 Å². The second-order valence-corrected chi connectivity index (χ2v) is 8.57. The summed E-state index contributed by atoms with van der Waals surface area (Å²) in [5.74, 6) is -0.967. The lowest BCUT2D eigenvalue weighted by atomic mass is 10.1. The molecule has 172 valence electrons. The van der Waals surface area contributed by atoms with Gasteiger partial charge in [-0.15, -0.1) is 5.10 Å². The van der Waals surface area contributed by atoms with Crippen molar-refractivity contribution in [2.24, 2.45) is 0 Å². The van der Waals surface area contributed by atoms with Crippen molar-refractivity contribution in [3.8, 4) is 0 Å². The van der Waals surface area contributed by atoms with Crippen LogP contribution in [0.2, 0.25) is 0 Å². The summed E-state index contributed by atoms with van der Waals surface area (Å²) in [6.07, 6.45) is 0.815. The maximum Gasteiger partial charge on any atom is 0.410 e. The summed E-state index contributed by atoms with van der Waals surface area (Å²) in [6, 6.07) is 9.01. The zero-order chi connectivity index (χ0) is 23.3. The molecule has 0 bridgehead atoms. The largest absolute Gasteiger partial charge is 0.464 e. The Labute approximate surface area is 186 Å². The summed E-state index contributed by atoms with van der Waals surface area (Å²) in [4.78, 5) is 39.2. The van der Waals surface area contributed by atoms with E-state index in [1.165, 1.54) is 11.8 Å². The van der Waals surface area contributed by atoms with Crippen molar-refractivity contribution in [2.75, 3.05) is 13.7 Å². The maximum absolute atomic E-state index is 12.8. The molecule has 1 fully saturated rings. The third-order valence-corrected chi connectivity index (χ3v) is 4.97. The highest BCUT2D eigenvalue weighted by molar-refractivity contribution is 5.89. The van der Waals surface area contributed by atoms with Gasteiger partial charge in [0, 0.05) is 13.1 Å². The van der Waals surface area contributed by atoms with Crippen molar-refractivity contribution in [1.82, 2.24) is 25.2 Å². The predicted octanol–water partition coefficient (Wildman–Crippen LogP) is 2.45. The zero-order valence-electron chi connectivity index (χ0n) is 18.8. The van der Waals surface area contributed by atoms with Gasteiger partial charge in [-0.3, -0.25) is 9.69 Å². The number of hydrogen-bond donors (Lipinski definition) is 1. The number of likely N-dealkylation sites (tertiary alicyclic amines) is 1. The molecule has 2 aromatic rings. The number of esters is 1. The molecule has 2 heterocycles. The average Bonchev–Trinajstić information content (AvgIpc) is 3.38. The molecule has 3 rings (SSSR count). The Kier molecular flexibility index (Phi) is 7.12. The van der Waals surface area contributed by atoms with Crippen LogP contribution in [-0.2, 0) is 27.4 Å². The van der Waals surface area contributed by atoms with E-state index in [4.69, 9.17) is 9.47 Å². The fraction of sp³-hybridized carbons (Fsp3) is 0.500. The molecule has 1 aliphatic rings. The second-order valence-electron chi connectivity index (χ2n) is 8.57. The monoisotopic (exact) mass is 443 g/mol. The van der Waals surface area contributed by atoms with Crippen LogP contribution in [0.3, 0.4) is 0 Å². The minimum absolute atomic E-state index is 0.0104. The van der Waals surface area contributed by atoms with Crippen LogP contribution in [0.5, 0.6) is 0 Å². The predicted molar refractivity (Wildman–Crippen MR) is 115 cm³/mol. The van der Waals surface area contributed by atoms with Crippen LogP contribution >= 0.6 is 0 Å². The Morgan fingerprint density at radius 1 is 1.19 bits per heavy atom. The maximum atomic E-state index is 12.8. The Bertz CT molecular complexity index is 967. The van der Waals surface area contributed by atoms with Gasteiger partial charge in [0.1, 0.15) is 12.1 Å². The number of nitrogens with one attached hydrogen (secondary N) is 1. The molecule has 1 N–H and O–H groups in total. The number of ether oxygens (including phenoxy) is 2. The summed E-state index contributed by atoms with van der Waals surface area (Å²) in [6.45, 7) is 6.05. The summed E-state index contributed by atoms with van der Waals surface area (Å²) in [5.41, 5.74) is 0.659. The SMILES string of the molecule is COC(=O)c1nnn(CC(=O)NCc2ccccc2)c1C1CCCN1C(=O)OC(C)(C)C. The quantitative estimate of drug-likeness (QED) is 0.682. The van der Waals surface area contributed by atoms with Crippen LogP contribution in [0.15, 0.2) is 30.3 Å². The minimum atomic E-state index is -0.674. The van der Waals surface area contributed by atoms with Gasteiger partial charge in [-0.05, 0) is 39.2 Å². The molecule has 32 heavy (non-hydrogen) atoms. The number of carbonyl (C=O) groups excluding carboxylic acids is 3. The summed E-state index contributed by atoms with van der Waals surface area (Å²) in [7, 11) is 1.25. The molecule has 1 aromatic heterocycles. The number of hydrogen-bond acceptors (Lipinski definition) is 7. The molecule has 10 nitrogen and oxygen atoms in total. The van der Waals surface area contributed by atoms with Gasteiger partial charge in [-0.1, -0.05) is 35.5 Å². The lowest BCUT2D eigenvalue weighted by Crippen LogP contribution is -2.38. The molecular weight excluding hydrogens is 414 g/mol. The number of benzene rings is 1. The highest BCUT2D eigenvalue weighted by atomic mass is 16.6. The number of amides is 2. The number of methoxy groups -OCH3 is 1. The van der Waals surface area contributed by atoms with Crippen molar-refractivity contribution < 1.29 is 23.9 Å². The fourth-order valence-corrected chi connectivity index (χ4v) is 3.59. The molecule has 1 atom stereocenters. The molecule has 0 saturated carbocycles. The van der Waals surface area contributed by atoms with Gasteiger partial charge in [0.2, 0.25) is 5.91 Å². The van der Waals surface area contributed by atoms with Gasteiger partial charge in [0.15, 0.2) is 5.69 Å². The van der Waals surface area contributed by atoms with Crippen molar-refractivity contribution in [2.45, 2.75) is 58.3 Å². The fourth-order valence-electron chi connectivity index (χ4n) is 3.59. The molecule has 10 heteroatoms. The van der Waals surface area contributed by atoms with E-state index in [2.05, 4.69) is 15.6 Å². The number of nitrogens with zero attached hydrogens (tertiary/aromatic N) is 4. The molecule has 0 radical (unpaired) electrons. The van der Waals surface area contributed by atoms with E-state index in [1.807, 2.05) is 30.3 Å². The number of aromatic nitrogens is 3. The standard InChI is InChI=1S/C22H29N5O5/c1-22(2,3)32-21(30)26-12-8-11-16(26)19-18(20(29)31-4)24-25-27(19)14-17(28)23-13-15-9-6-5-7-10-15/h5-7,9-10,16H,8,11-14H2,1-4H3,(H,23,28). The first-order chi connectivity index (χ1) is 15.2. The Balaban J connectivity index is 1.82. The van der Waals surface area contributed by atoms with Crippen molar-refractivity contribution in [3.63, 3.8) is 0 Å². The third-order valence-electron chi connectivity index (χ3n) is 4.97. The first kappa shape index (κ1) is 23.2. The van der Waals surface area contributed by atoms with Crippen molar-refractivity contribution in [1.29, 1.82) is 0 Å². The summed E-state index contributed by atoms with van der Waals surface area (Å²) >= 11 is 0. The van der Waals surface area contributed by atoms with Gasteiger partial charge >= 0.3 is 12.1 Å². The van der Waals surface area contributed by atoms with Crippen LogP contribution in [-0.4, -0.2) is 57.1 Å². The van der Waals surface area contributed by atoms with Gasteiger partial charge in [0.25, 0.3) is 0 Å². The normalized spacial score (nSPS) is 16.0. The zero-order valence-corrected chi connectivity index (χ0v) is 18.8. The molecule has 1 unspecified atom stereocenters. The van der Waals surface area contributed by atoms with E-state index in [1.54, 1.807) is 25.7 Å². The topological polar surface area (TPSA) is 116 Å². The summed E-state index contributed by atoms with van der Waals surface area (Å²) < 4.78 is 11.7. The second kappa shape index (κ2) is 9.80. The highest BCUT2D eigenvalue weighted by Crippen LogP contribution is 2.34. The van der Waals surface area contributed by atoms with E-state index < -0.39 is 23.7 Å². The van der Waals surface area contributed by atoms with Gasteiger partial charge < -0.3 is 14.8 Å². The molecule has 1 aromatic carbocycles. The van der Waals surface area contributed by atoms with E-state index >= 15 is 0 Å². The molecule has 1 saturated heterocycles. The van der Waals surface area contributed by atoms with Crippen LogP contribution < -0.4 is 5.32 Å². The molecule has 0 aliphatic carbocycles. The van der Waals surface area contributed by atoms with Gasteiger partial charge in [-0.2, -0.15) is 0 Å². The highest BCUT2D eigenvalue weighted by Gasteiger charge is 2.39. The number of carbonyl (C=O) groups is 3. The van der Waals surface area contributed by atoms with E-state index in [-0.39, 0.29) is 18.1 Å². The Morgan fingerprint density at radius 2 is 1.91 bits per heavy atom. The molecule has 2 amide bonds. The molecule has 0 spiro atoms. The van der Waals surface area contributed by atoms with Crippen molar-refractivity contribution in [3.05, 3.63) is 47.3 Å². The van der Waals surface area contributed by atoms with Crippen LogP contribution in [0, 0.1) is 0 Å². The van der Waals surface area contributed by atoms with Crippen LogP contribution in [0.4, 0.5) is 4.79 Å². The van der Waals surface area contributed by atoms with E-state index in [9.17, 15) is 14.4 Å². The Morgan fingerprint density at radius 3 is 2.56 bits per heavy atom. The molecule has 1 aliphatic heterocycles. The van der Waals surface area contributed by atoms with Gasteiger partial charge in [0.05, 0.1) is 18.8 Å². The Hall–Kier alpha value is -3.43. The van der Waals surface area contributed by atoms with Crippen molar-refractivity contribution >= 4 is 18.0 Å². The van der Waals surface area contributed by atoms with Gasteiger partial charge in [-0.25, -0.2) is 14.3 Å². The minimum Gasteiger partial charge on any atom is -0.464 e. The first-order valence-electron chi connectivity index (χ1n) is 10.5. The molecular formula is C22H29N5O5. The third kappa shape index (κ3) is 5.63.